The predicted molar refractivity (Wildman–Crippen MR) is 260 cm³/mol. The quantitative estimate of drug-likeness (QED) is 0.165. The number of furan rings is 1. The van der Waals surface area contributed by atoms with E-state index >= 15 is 0 Å². The van der Waals surface area contributed by atoms with Crippen LogP contribution in [-0.2, 0) is 0 Å². The SMILES string of the molecule is CCC1/C=C(/c2ccc(-c3ccc4ccccc4c3)c3oc4ccccc4c23)N=C(c2ccc(-c3ccc4ccccc4c3)cc2)CCC(C)=C1c1ccc2ccccc2c1. The van der Waals surface area contributed by atoms with Crippen molar-refractivity contribution in [2.24, 2.45) is 10.9 Å². The molecule has 1 atom stereocenters. The molecule has 1 unspecified atom stereocenters. The molecular weight excluding hydrogens is 739 g/mol. The molecule has 0 fully saturated rings. The van der Waals surface area contributed by atoms with Gasteiger partial charge in [0.15, 0.2) is 0 Å². The highest BCUT2D eigenvalue weighted by molar-refractivity contribution is 6.16. The summed E-state index contributed by atoms with van der Waals surface area (Å²) in [7, 11) is 0. The fraction of sp³-hybridized carbons (Fsp3) is 0.102. The molecule has 0 radical (unpaired) electrons. The summed E-state index contributed by atoms with van der Waals surface area (Å²) < 4.78 is 6.87. The molecule has 10 aromatic rings. The number of para-hydroxylation sites is 1. The van der Waals surface area contributed by atoms with Gasteiger partial charge in [0.05, 0.1) is 5.70 Å². The zero-order chi connectivity index (χ0) is 40.9. The van der Waals surface area contributed by atoms with Gasteiger partial charge in [0.25, 0.3) is 0 Å². The average Bonchev–Trinajstić information content (AvgIpc) is 3.73. The van der Waals surface area contributed by atoms with Crippen LogP contribution in [0.25, 0.3) is 87.8 Å². The fourth-order valence-corrected chi connectivity index (χ4v) is 9.62. The van der Waals surface area contributed by atoms with E-state index in [-0.39, 0.29) is 5.92 Å². The van der Waals surface area contributed by atoms with Crippen LogP contribution >= 0.6 is 0 Å². The Labute approximate surface area is 356 Å². The van der Waals surface area contributed by atoms with Crippen molar-refractivity contribution in [3.8, 4) is 22.3 Å². The van der Waals surface area contributed by atoms with Gasteiger partial charge in [0, 0.05) is 33.5 Å². The minimum atomic E-state index is 0.142. The molecule has 1 aromatic heterocycles. The van der Waals surface area contributed by atoms with Crippen molar-refractivity contribution in [3.63, 3.8) is 0 Å². The molecular formula is C59H45NO. The molecule has 0 amide bonds. The normalized spacial score (nSPS) is 15.8. The maximum Gasteiger partial charge on any atom is 0.143 e. The van der Waals surface area contributed by atoms with E-state index in [9.17, 15) is 0 Å². The second kappa shape index (κ2) is 15.4. The van der Waals surface area contributed by atoms with E-state index in [1.807, 2.05) is 0 Å². The topological polar surface area (TPSA) is 25.5 Å². The van der Waals surface area contributed by atoms with Crippen LogP contribution in [0, 0.1) is 5.92 Å². The molecule has 0 saturated carbocycles. The molecule has 9 aromatic carbocycles. The summed E-state index contributed by atoms with van der Waals surface area (Å²) in [5.74, 6) is 0.142. The van der Waals surface area contributed by atoms with Gasteiger partial charge in [-0.2, -0.15) is 0 Å². The number of hydrogen-bond donors (Lipinski definition) is 0. The lowest BCUT2D eigenvalue weighted by Gasteiger charge is -2.21. The molecule has 0 N–H and O–H groups in total. The Kier molecular flexibility index (Phi) is 9.27. The first-order valence-electron chi connectivity index (χ1n) is 21.6. The highest BCUT2D eigenvalue weighted by Crippen LogP contribution is 2.44. The van der Waals surface area contributed by atoms with Crippen LogP contribution in [0.5, 0.6) is 0 Å². The van der Waals surface area contributed by atoms with Gasteiger partial charge in [-0.1, -0.05) is 176 Å². The Bertz CT molecular complexity index is 3410. The maximum atomic E-state index is 6.87. The minimum absolute atomic E-state index is 0.142. The molecule has 0 spiro atoms. The van der Waals surface area contributed by atoms with Gasteiger partial charge in [0.2, 0.25) is 0 Å². The van der Waals surface area contributed by atoms with E-state index in [1.165, 1.54) is 60.2 Å². The van der Waals surface area contributed by atoms with Crippen molar-refractivity contribution >= 4 is 71.2 Å². The van der Waals surface area contributed by atoms with Gasteiger partial charge in [-0.25, -0.2) is 0 Å². The molecule has 2 nitrogen and oxygen atoms in total. The molecule has 2 heteroatoms. The first kappa shape index (κ1) is 36.8. The Balaban J connectivity index is 1.11. The van der Waals surface area contributed by atoms with E-state index in [4.69, 9.17) is 9.41 Å². The zero-order valence-electron chi connectivity index (χ0n) is 34.5. The van der Waals surface area contributed by atoms with Crippen molar-refractivity contribution in [3.05, 3.63) is 216 Å². The maximum absolute atomic E-state index is 6.87. The van der Waals surface area contributed by atoms with Crippen LogP contribution < -0.4 is 0 Å². The smallest absolute Gasteiger partial charge is 0.143 e. The van der Waals surface area contributed by atoms with E-state index < -0.39 is 0 Å². The molecule has 11 rings (SSSR count). The summed E-state index contributed by atoms with van der Waals surface area (Å²) in [6.07, 6.45) is 5.13. The molecule has 0 aliphatic carbocycles. The van der Waals surface area contributed by atoms with Crippen LogP contribution in [0.1, 0.15) is 49.8 Å². The second-order valence-corrected chi connectivity index (χ2v) is 16.5. The summed E-state index contributed by atoms with van der Waals surface area (Å²) in [5.41, 5.74) is 14.8. The van der Waals surface area contributed by atoms with Crippen LogP contribution in [-0.4, -0.2) is 5.71 Å². The Morgan fingerprint density at radius 2 is 1.02 bits per heavy atom. The highest BCUT2D eigenvalue weighted by Gasteiger charge is 2.24. The number of hydrogen-bond acceptors (Lipinski definition) is 2. The van der Waals surface area contributed by atoms with Crippen LogP contribution in [0.15, 0.2) is 209 Å². The van der Waals surface area contributed by atoms with Crippen LogP contribution in [0.2, 0.25) is 0 Å². The number of nitrogens with zero attached hydrogens (tertiary/aromatic N) is 1. The van der Waals surface area contributed by atoms with Gasteiger partial charge < -0.3 is 4.42 Å². The first-order chi connectivity index (χ1) is 30.1. The summed E-state index contributed by atoms with van der Waals surface area (Å²) in [4.78, 5) is 5.78. The van der Waals surface area contributed by atoms with Crippen molar-refractivity contribution in [2.75, 3.05) is 0 Å². The number of allylic oxidation sites excluding steroid dienone is 3. The fourth-order valence-electron chi connectivity index (χ4n) is 9.62. The highest BCUT2D eigenvalue weighted by atomic mass is 16.3. The van der Waals surface area contributed by atoms with Gasteiger partial charge >= 0.3 is 0 Å². The second-order valence-electron chi connectivity index (χ2n) is 16.5. The molecule has 0 bridgehead atoms. The molecule has 1 aliphatic heterocycles. The molecule has 61 heavy (non-hydrogen) atoms. The first-order valence-corrected chi connectivity index (χ1v) is 21.6. The zero-order valence-corrected chi connectivity index (χ0v) is 34.5. The lowest BCUT2D eigenvalue weighted by molar-refractivity contribution is 0.670. The van der Waals surface area contributed by atoms with Gasteiger partial charge in [0.1, 0.15) is 11.2 Å². The van der Waals surface area contributed by atoms with E-state index in [2.05, 4.69) is 208 Å². The molecule has 2 heterocycles. The third-order valence-electron chi connectivity index (χ3n) is 12.8. The van der Waals surface area contributed by atoms with Gasteiger partial charge in [-0.15, -0.1) is 0 Å². The van der Waals surface area contributed by atoms with E-state index in [0.29, 0.717) is 0 Å². The minimum Gasteiger partial charge on any atom is -0.455 e. The number of fused-ring (bicyclic) bond motifs is 6. The predicted octanol–water partition coefficient (Wildman–Crippen LogP) is 16.5. The number of rotatable bonds is 6. The third kappa shape index (κ3) is 6.75. The Morgan fingerprint density at radius 3 is 1.69 bits per heavy atom. The van der Waals surface area contributed by atoms with Crippen molar-refractivity contribution in [2.45, 2.75) is 33.1 Å². The number of aliphatic imine (C=N–C) groups is 1. The average molecular weight is 784 g/mol. The van der Waals surface area contributed by atoms with E-state index in [0.717, 1.165) is 74.9 Å². The van der Waals surface area contributed by atoms with Gasteiger partial charge in [-0.3, -0.25) is 4.99 Å². The molecule has 0 saturated heterocycles. The molecule has 292 valence electrons. The lowest BCUT2D eigenvalue weighted by Crippen LogP contribution is -2.04. The summed E-state index contributed by atoms with van der Waals surface area (Å²) in [5, 5.41) is 9.66. The Hall–Kier alpha value is -7.29. The summed E-state index contributed by atoms with van der Waals surface area (Å²) in [6.45, 7) is 4.65. The monoisotopic (exact) mass is 783 g/mol. The summed E-state index contributed by atoms with van der Waals surface area (Å²) in [6, 6.07) is 68.3. The summed E-state index contributed by atoms with van der Waals surface area (Å²) >= 11 is 0. The molecule has 1 aliphatic rings. The van der Waals surface area contributed by atoms with Crippen molar-refractivity contribution < 1.29 is 4.42 Å². The van der Waals surface area contributed by atoms with Gasteiger partial charge in [-0.05, 0) is 122 Å². The lowest BCUT2D eigenvalue weighted by atomic mass is 9.83. The van der Waals surface area contributed by atoms with E-state index in [1.54, 1.807) is 0 Å². The van der Waals surface area contributed by atoms with Crippen molar-refractivity contribution in [1.82, 2.24) is 0 Å². The van der Waals surface area contributed by atoms with Crippen LogP contribution in [0.4, 0.5) is 0 Å². The standard InChI is InChI=1S/C59H45NO/c1-3-39-37-55(52-32-31-51(49-29-24-41-13-5-8-16-46(41)35-49)59-58(52)53-18-10-11-19-56(53)61-59)60-54(33-20-38(2)57(39)50-30-25-42-14-6-9-17-47(42)36-50)44-26-21-43(22-27-44)48-28-23-40-12-4-7-15-45(40)34-48/h4-19,21-32,34-37,39H,3,20,33H2,1-2H3/b55-37-,57-38?,60-54?. The Morgan fingerprint density at radius 1 is 0.492 bits per heavy atom. The number of benzene rings is 9. The van der Waals surface area contributed by atoms with Crippen LogP contribution in [0.3, 0.4) is 0 Å². The van der Waals surface area contributed by atoms with Crippen molar-refractivity contribution in [1.29, 1.82) is 0 Å². The largest absolute Gasteiger partial charge is 0.455 e. The third-order valence-corrected chi connectivity index (χ3v) is 12.8.